The maximum absolute atomic E-state index is 12.8. The van der Waals surface area contributed by atoms with Gasteiger partial charge in [-0.15, -0.1) is 0 Å². The smallest absolute Gasteiger partial charge is 0.178 e. The molecule has 0 aliphatic carbocycles. The third-order valence-corrected chi connectivity index (χ3v) is 2.59. The Hall–Kier alpha value is -2.23. The minimum absolute atomic E-state index is 0.251. The minimum Gasteiger partial charge on any atom is -0.337 e. The molecule has 0 unspecified atom stereocenters. The van der Waals surface area contributed by atoms with E-state index in [4.69, 9.17) is 0 Å². The second-order valence-electron chi connectivity index (χ2n) is 3.98. The van der Waals surface area contributed by atoms with Crippen LogP contribution in [0, 0.1) is 12.7 Å². The summed E-state index contributed by atoms with van der Waals surface area (Å²) in [5, 5.41) is 0. The Morgan fingerprint density at radius 3 is 2.71 bits per heavy atom. The zero-order chi connectivity index (χ0) is 11.8. The van der Waals surface area contributed by atoms with E-state index in [9.17, 15) is 4.39 Å². The fourth-order valence-electron chi connectivity index (χ4n) is 1.75. The van der Waals surface area contributed by atoms with Crippen molar-refractivity contribution >= 4 is 11.2 Å². The summed E-state index contributed by atoms with van der Waals surface area (Å²) < 4.78 is 12.8. The fraction of sp³-hybridized carbons (Fsp3) is 0.0769. The Kier molecular flexibility index (Phi) is 2.14. The average Bonchev–Trinajstić information content (AvgIpc) is 2.72. The molecular formula is C13H10FN3. The Balaban J connectivity index is 2.14. The number of hydrogen-bond donors (Lipinski definition) is 1. The zero-order valence-electron chi connectivity index (χ0n) is 9.24. The molecule has 1 N–H and O–H groups in total. The lowest BCUT2D eigenvalue weighted by molar-refractivity contribution is 0.628. The second-order valence-corrected chi connectivity index (χ2v) is 3.98. The van der Waals surface area contributed by atoms with Gasteiger partial charge in [0.2, 0.25) is 0 Å². The Bertz CT molecular complexity index is 671. The first-order chi connectivity index (χ1) is 8.22. The molecule has 84 valence electrons. The number of imidazole rings is 1. The van der Waals surface area contributed by atoms with Gasteiger partial charge < -0.3 is 4.98 Å². The van der Waals surface area contributed by atoms with Gasteiger partial charge in [0.25, 0.3) is 0 Å². The minimum atomic E-state index is -0.251. The van der Waals surface area contributed by atoms with Gasteiger partial charge in [0.1, 0.15) is 11.6 Å². The van der Waals surface area contributed by atoms with Crippen LogP contribution in [-0.2, 0) is 0 Å². The first-order valence-corrected chi connectivity index (χ1v) is 5.31. The predicted molar refractivity (Wildman–Crippen MR) is 64.0 cm³/mol. The molecule has 0 atom stereocenters. The van der Waals surface area contributed by atoms with Crippen LogP contribution in [0.2, 0.25) is 0 Å². The normalized spacial score (nSPS) is 10.9. The van der Waals surface area contributed by atoms with Crippen molar-refractivity contribution in [3.63, 3.8) is 0 Å². The molecule has 3 rings (SSSR count). The Morgan fingerprint density at radius 1 is 1.18 bits per heavy atom. The molecule has 0 aliphatic heterocycles. The summed E-state index contributed by atoms with van der Waals surface area (Å²) >= 11 is 0. The van der Waals surface area contributed by atoms with E-state index < -0.39 is 0 Å². The van der Waals surface area contributed by atoms with Gasteiger partial charge in [0, 0.05) is 11.8 Å². The van der Waals surface area contributed by atoms with Crippen LogP contribution >= 0.6 is 0 Å². The van der Waals surface area contributed by atoms with Crippen molar-refractivity contribution in [3.8, 4) is 11.4 Å². The van der Waals surface area contributed by atoms with E-state index in [1.807, 2.05) is 13.0 Å². The quantitative estimate of drug-likeness (QED) is 0.694. The van der Waals surface area contributed by atoms with Gasteiger partial charge in [-0.05, 0) is 42.8 Å². The monoisotopic (exact) mass is 227 g/mol. The van der Waals surface area contributed by atoms with Gasteiger partial charge >= 0.3 is 0 Å². The molecule has 17 heavy (non-hydrogen) atoms. The number of rotatable bonds is 1. The zero-order valence-corrected chi connectivity index (χ0v) is 9.24. The molecular weight excluding hydrogens is 217 g/mol. The van der Waals surface area contributed by atoms with Crippen molar-refractivity contribution in [2.24, 2.45) is 0 Å². The lowest BCUT2D eigenvalue weighted by Crippen LogP contribution is -1.80. The molecule has 4 heteroatoms. The molecule has 3 nitrogen and oxygen atoms in total. The number of fused-ring (bicyclic) bond motifs is 1. The largest absolute Gasteiger partial charge is 0.337 e. The van der Waals surface area contributed by atoms with Gasteiger partial charge in [-0.2, -0.15) is 0 Å². The maximum atomic E-state index is 12.8. The molecule has 0 aliphatic rings. The summed E-state index contributed by atoms with van der Waals surface area (Å²) in [6.07, 6.45) is 1.78. The summed E-state index contributed by atoms with van der Waals surface area (Å²) in [5.74, 6) is 0.455. The standard InChI is InChI=1S/C13H10FN3/c1-8-6-11-13(15-7-8)17-12(16-11)9-2-4-10(14)5-3-9/h2-7H,1H3,(H,15,16,17). The Morgan fingerprint density at radius 2 is 1.94 bits per heavy atom. The SMILES string of the molecule is Cc1cnc2nc(-c3ccc(F)cc3)[nH]c2c1. The van der Waals surface area contributed by atoms with Crippen molar-refractivity contribution in [1.29, 1.82) is 0 Å². The first kappa shape index (κ1) is 9.96. The molecule has 0 saturated heterocycles. The molecule has 1 aromatic carbocycles. The van der Waals surface area contributed by atoms with E-state index in [0.717, 1.165) is 16.6 Å². The summed E-state index contributed by atoms with van der Waals surface area (Å²) in [6.45, 7) is 1.98. The van der Waals surface area contributed by atoms with E-state index in [2.05, 4.69) is 15.0 Å². The van der Waals surface area contributed by atoms with E-state index in [0.29, 0.717) is 11.5 Å². The first-order valence-electron chi connectivity index (χ1n) is 5.31. The molecule has 2 aromatic heterocycles. The van der Waals surface area contributed by atoms with Crippen LogP contribution in [0.4, 0.5) is 4.39 Å². The molecule has 0 amide bonds. The number of pyridine rings is 1. The summed E-state index contributed by atoms with van der Waals surface area (Å²) in [7, 11) is 0. The molecule has 0 fully saturated rings. The number of nitrogens with one attached hydrogen (secondary N) is 1. The van der Waals surface area contributed by atoms with Crippen molar-refractivity contribution in [1.82, 2.24) is 15.0 Å². The van der Waals surface area contributed by atoms with Crippen LogP contribution in [0.5, 0.6) is 0 Å². The highest BCUT2D eigenvalue weighted by atomic mass is 19.1. The van der Waals surface area contributed by atoms with Crippen molar-refractivity contribution in [3.05, 3.63) is 47.9 Å². The van der Waals surface area contributed by atoms with E-state index in [1.165, 1.54) is 12.1 Å². The molecule has 3 aromatic rings. The average molecular weight is 227 g/mol. The number of halogens is 1. The number of nitrogens with zero attached hydrogens (tertiary/aromatic N) is 2. The summed E-state index contributed by atoms with van der Waals surface area (Å²) in [4.78, 5) is 11.8. The van der Waals surface area contributed by atoms with Crippen molar-refractivity contribution in [2.75, 3.05) is 0 Å². The lowest BCUT2D eigenvalue weighted by atomic mass is 10.2. The third-order valence-electron chi connectivity index (χ3n) is 2.59. The van der Waals surface area contributed by atoms with Crippen LogP contribution < -0.4 is 0 Å². The topological polar surface area (TPSA) is 41.6 Å². The van der Waals surface area contributed by atoms with Gasteiger partial charge in [-0.3, -0.25) is 0 Å². The molecule has 0 bridgehead atoms. The summed E-state index contributed by atoms with van der Waals surface area (Å²) in [5.41, 5.74) is 3.49. The highest BCUT2D eigenvalue weighted by Crippen LogP contribution is 2.19. The third kappa shape index (κ3) is 1.78. The Labute approximate surface area is 97.3 Å². The number of H-pyrrole nitrogens is 1. The number of hydrogen-bond acceptors (Lipinski definition) is 2. The van der Waals surface area contributed by atoms with Gasteiger partial charge in [0.15, 0.2) is 5.65 Å². The number of aromatic nitrogens is 3. The maximum Gasteiger partial charge on any atom is 0.178 e. The van der Waals surface area contributed by atoms with Gasteiger partial charge in [-0.25, -0.2) is 14.4 Å². The van der Waals surface area contributed by atoms with Crippen molar-refractivity contribution < 1.29 is 4.39 Å². The molecule has 0 spiro atoms. The van der Waals surface area contributed by atoms with Crippen LogP contribution in [0.15, 0.2) is 36.5 Å². The van der Waals surface area contributed by atoms with Crippen LogP contribution in [0.3, 0.4) is 0 Å². The van der Waals surface area contributed by atoms with Crippen molar-refractivity contribution in [2.45, 2.75) is 6.92 Å². The highest BCUT2D eigenvalue weighted by Gasteiger charge is 2.06. The highest BCUT2D eigenvalue weighted by molar-refractivity contribution is 5.76. The number of aromatic amines is 1. The van der Waals surface area contributed by atoms with E-state index in [-0.39, 0.29) is 5.82 Å². The van der Waals surface area contributed by atoms with Crippen LogP contribution in [0.1, 0.15) is 5.56 Å². The number of aryl methyl sites for hydroxylation is 1. The second kappa shape index (κ2) is 3.66. The van der Waals surface area contributed by atoms with Gasteiger partial charge in [-0.1, -0.05) is 0 Å². The molecule has 0 saturated carbocycles. The lowest BCUT2D eigenvalue weighted by Gasteiger charge is -1.94. The fourth-order valence-corrected chi connectivity index (χ4v) is 1.75. The van der Waals surface area contributed by atoms with Crippen LogP contribution in [-0.4, -0.2) is 15.0 Å². The summed E-state index contributed by atoms with van der Waals surface area (Å²) in [6, 6.07) is 8.21. The van der Waals surface area contributed by atoms with Crippen LogP contribution in [0.25, 0.3) is 22.6 Å². The molecule has 2 heterocycles. The predicted octanol–water partition coefficient (Wildman–Crippen LogP) is 3.07. The molecule has 0 radical (unpaired) electrons. The van der Waals surface area contributed by atoms with Gasteiger partial charge in [0.05, 0.1) is 5.52 Å². The number of benzene rings is 1. The van der Waals surface area contributed by atoms with E-state index >= 15 is 0 Å². The van der Waals surface area contributed by atoms with E-state index in [1.54, 1.807) is 18.3 Å².